The van der Waals surface area contributed by atoms with E-state index in [1.165, 1.54) is 122 Å². The molecule has 2 nitrogen and oxygen atoms in total. The number of nitrogens with zero attached hydrogens (tertiary/aromatic N) is 2. The molecule has 0 amide bonds. The third-order valence-corrected chi connectivity index (χ3v) is 15.3. The van der Waals surface area contributed by atoms with Crippen molar-refractivity contribution >= 4 is 39.2 Å². The van der Waals surface area contributed by atoms with Gasteiger partial charge in [0.1, 0.15) is 0 Å². The summed E-state index contributed by atoms with van der Waals surface area (Å²) in [4.78, 5) is 5.13. The van der Waals surface area contributed by atoms with Gasteiger partial charge in [0, 0.05) is 40.1 Å². The van der Waals surface area contributed by atoms with Crippen molar-refractivity contribution in [3.8, 4) is 55.6 Å². The van der Waals surface area contributed by atoms with E-state index in [0.29, 0.717) is 0 Å². The summed E-state index contributed by atoms with van der Waals surface area (Å²) in [6.45, 7) is 8.82. The van der Waals surface area contributed by atoms with Crippen molar-refractivity contribution < 1.29 is 0 Å². The SMILES string of the molecule is Cc1cccc(N(c2cccc(C)c2)c2ccc3c4c(cccc24)-c2c(-c4ccccc4)c4c(c(-c5ccccc5)c2-3)C2CCC(N(c3cccc(C)c3)c3cccc(C)c3)Cc3cccc-4c32)c1. The summed E-state index contributed by atoms with van der Waals surface area (Å²) in [5, 5.41) is 2.59. The average Bonchev–Trinajstić information content (AvgIpc) is 3.80. The van der Waals surface area contributed by atoms with E-state index in [1.54, 1.807) is 0 Å². The molecule has 0 saturated carbocycles. The molecule has 2 unspecified atom stereocenters. The van der Waals surface area contributed by atoms with Gasteiger partial charge in [-0.05, 0) is 202 Å². The van der Waals surface area contributed by atoms with Crippen LogP contribution in [0, 0.1) is 27.7 Å². The lowest BCUT2D eigenvalue weighted by molar-refractivity contribution is 0.569. The molecule has 0 bridgehead atoms. The quantitative estimate of drug-likeness (QED) is 0.150. The Bertz CT molecular complexity index is 3570. The molecule has 3 aliphatic rings. The molecule has 0 radical (unpaired) electrons. The van der Waals surface area contributed by atoms with Crippen LogP contribution in [0.1, 0.15) is 57.7 Å². The van der Waals surface area contributed by atoms with Gasteiger partial charge in [0.2, 0.25) is 0 Å². The summed E-state index contributed by atoms with van der Waals surface area (Å²) in [5.74, 6) is 0.229. The van der Waals surface area contributed by atoms with Crippen LogP contribution in [0.2, 0.25) is 0 Å². The van der Waals surface area contributed by atoms with Crippen molar-refractivity contribution in [2.45, 2.75) is 58.9 Å². The Labute approximate surface area is 406 Å². The molecule has 10 aromatic carbocycles. The lowest BCUT2D eigenvalue weighted by Crippen LogP contribution is -2.33. The van der Waals surface area contributed by atoms with Gasteiger partial charge in [-0.1, -0.05) is 152 Å². The number of benzene rings is 10. The van der Waals surface area contributed by atoms with Crippen molar-refractivity contribution in [3.05, 3.63) is 245 Å². The highest BCUT2D eigenvalue weighted by molar-refractivity contribution is 6.26. The fourth-order valence-electron chi connectivity index (χ4n) is 12.6. The maximum atomic E-state index is 2.66. The molecule has 0 N–H and O–H groups in total. The van der Waals surface area contributed by atoms with Crippen LogP contribution in [0.25, 0.3) is 66.4 Å². The third-order valence-electron chi connectivity index (χ3n) is 15.3. The maximum absolute atomic E-state index is 2.66. The first kappa shape index (κ1) is 41.3. The fraction of sp³-hybridized carbons (Fsp3) is 0.134. The van der Waals surface area contributed by atoms with Crippen LogP contribution >= 0.6 is 0 Å². The predicted octanol–water partition coefficient (Wildman–Crippen LogP) is 18.2. The minimum atomic E-state index is 0.229. The summed E-state index contributed by atoms with van der Waals surface area (Å²) in [7, 11) is 0. The van der Waals surface area contributed by atoms with Gasteiger partial charge in [0.05, 0.1) is 5.69 Å². The minimum absolute atomic E-state index is 0.229. The van der Waals surface area contributed by atoms with E-state index >= 15 is 0 Å². The Morgan fingerprint density at radius 2 is 0.884 bits per heavy atom. The molecule has 0 saturated heterocycles. The standard InChI is InChI=1S/C67H54N2/c1-42-17-11-26-49(37-42)68(50-27-12-18-43(2)38-50)53-33-34-57-60-48(41-53)25-15-31-55(60)64-61(46-21-7-5-8-22-46)65-56-32-16-30-54-59(69(51-28-13-19-44(3)39-51)52-29-14-20-45(4)40-52)36-35-58(63(54)56)67(65)62(66(57)64)47-23-9-6-10-24-47/h5-32,35-40,53,57H,33-34,41H2,1-4H3. The lowest BCUT2D eigenvalue weighted by atomic mass is 9.78. The zero-order valence-corrected chi connectivity index (χ0v) is 39.8. The third kappa shape index (κ3) is 6.68. The first-order chi connectivity index (χ1) is 33.9. The monoisotopic (exact) mass is 886 g/mol. The van der Waals surface area contributed by atoms with Gasteiger partial charge in [0.15, 0.2) is 0 Å². The van der Waals surface area contributed by atoms with Crippen LogP contribution in [0.15, 0.2) is 206 Å². The second-order valence-electron chi connectivity index (χ2n) is 19.8. The van der Waals surface area contributed by atoms with Gasteiger partial charge < -0.3 is 9.80 Å². The Kier molecular flexibility index (Phi) is 9.80. The van der Waals surface area contributed by atoms with Crippen LogP contribution < -0.4 is 9.80 Å². The van der Waals surface area contributed by atoms with Crippen LogP contribution in [0.4, 0.5) is 28.4 Å². The number of hydrogen-bond acceptors (Lipinski definition) is 2. The lowest BCUT2D eigenvalue weighted by Gasteiger charge is -2.34. The number of rotatable bonds is 8. The number of fused-ring (bicyclic) bond motifs is 6. The van der Waals surface area contributed by atoms with Gasteiger partial charge in [-0.25, -0.2) is 0 Å². The Balaban J connectivity index is 1.08. The van der Waals surface area contributed by atoms with Gasteiger partial charge >= 0.3 is 0 Å². The minimum Gasteiger partial charge on any atom is -0.338 e. The second kappa shape index (κ2) is 16.4. The molecule has 3 aliphatic carbocycles. The fourth-order valence-corrected chi connectivity index (χ4v) is 12.6. The predicted molar refractivity (Wildman–Crippen MR) is 292 cm³/mol. The molecular weight excluding hydrogens is 833 g/mol. The summed E-state index contributed by atoms with van der Waals surface area (Å²) < 4.78 is 0. The first-order valence-corrected chi connectivity index (χ1v) is 24.8. The molecule has 10 aromatic rings. The first-order valence-electron chi connectivity index (χ1n) is 24.8. The molecule has 0 fully saturated rings. The van der Waals surface area contributed by atoms with E-state index in [1.807, 2.05) is 0 Å². The number of hydrogen-bond donors (Lipinski definition) is 0. The highest BCUT2D eigenvalue weighted by atomic mass is 15.2. The molecule has 2 atom stereocenters. The average molecular weight is 887 g/mol. The van der Waals surface area contributed by atoms with E-state index in [0.717, 1.165) is 30.6 Å². The van der Waals surface area contributed by atoms with Gasteiger partial charge in [0.25, 0.3) is 0 Å². The zero-order chi connectivity index (χ0) is 46.3. The normalized spacial score (nSPS) is 15.1. The molecule has 0 aliphatic heterocycles. The van der Waals surface area contributed by atoms with Crippen molar-refractivity contribution in [1.29, 1.82) is 0 Å². The van der Waals surface area contributed by atoms with E-state index in [2.05, 4.69) is 244 Å². The topological polar surface area (TPSA) is 6.48 Å². The van der Waals surface area contributed by atoms with Gasteiger partial charge in [-0.2, -0.15) is 0 Å². The largest absolute Gasteiger partial charge is 0.338 e. The Morgan fingerprint density at radius 3 is 1.49 bits per heavy atom. The van der Waals surface area contributed by atoms with Crippen molar-refractivity contribution in [3.63, 3.8) is 0 Å². The highest BCUT2D eigenvalue weighted by Gasteiger charge is 2.43. The summed E-state index contributed by atoms with van der Waals surface area (Å²) in [5.41, 5.74) is 29.0. The smallest absolute Gasteiger partial charge is 0.0540 e. The van der Waals surface area contributed by atoms with E-state index in [4.69, 9.17) is 0 Å². The molecule has 2 heteroatoms. The van der Waals surface area contributed by atoms with Crippen molar-refractivity contribution in [2.75, 3.05) is 9.80 Å². The summed E-state index contributed by atoms with van der Waals surface area (Å²) in [6, 6.07) is 78.3. The molecule has 0 spiro atoms. The molecule has 13 rings (SSSR count). The molecular formula is C67H54N2. The highest BCUT2D eigenvalue weighted by Crippen LogP contribution is 2.65. The maximum Gasteiger partial charge on any atom is 0.0540 e. The summed E-state index contributed by atoms with van der Waals surface area (Å²) >= 11 is 0. The van der Waals surface area contributed by atoms with E-state index in [-0.39, 0.29) is 12.0 Å². The molecule has 0 heterocycles. The number of anilines is 5. The van der Waals surface area contributed by atoms with E-state index in [9.17, 15) is 0 Å². The zero-order valence-electron chi connectivity index (χ0n) is 39.8. The second-order valence-corrected chi connectivity index (χ2v) is 19.8. The molecule has 332 valence electrons. The van der Waals surface area contributed by atoms with Crippen LogP contribution in [-0.4, -0.2) is 6.04 Å². The Hall–Kier alpha value is -7.94. The van der Waals surface area contributed by atoms with Gasteiger partial charge in [-0.3, -0.25) is 0 Å². The van der Waals surface area contributed by atoms with Gasteiger partial charge in [-0.15, -0.1) is 0 Å². The van der Waals surface area contributed by atoms with Crippen LogP contribution in [-0.2, 0) is 6.42 Å². The van der Waals surface area contributed by atoms with E-state index < -0.39 is 0 Å². The van der Waals surface area contributed by atoms with Crippen molar-refractivity contribution in [1.82, 2.24) is 0 Å². The van der Waals surface area contributed by atoms with Crippen LogP contribution in [0.3, 0.4) is 0 Å². The summed E-state index contributed by atoms with van der Waals surface area (Å²) in [6.07, 6.45) is 3.07. The van der Waals surface area contributed by atoms with Crippen LogP contribution in [0.5, 0.6) is 0 Å². The Morgan fingerprint density at radius 1 is 0.377 bits per heavy atom. The molecule has 0 aromatic heterocycles. The van der Waals surface area contributed by atoms with Crippen molar-refractivity contribution in [2.24, 2.45) is 0 Å². The number of aryl methyl sites for hydroxylation is 4. The molecule has 69 heavy (non-hydrogen) atoms.